The van der Waals surface area contributed by atoms with Gasteiger partial charge >= 0.3 is 0 Å². The molecule has 216 valence electrons. The molecule has 0 radical (unpaired) electrons. The number of ketones is 2. The van der Waals surface area contributed by atoms with Crippen LogP contribution in [0.2, 0.25) is 0 Å². The van der Waals surface area contributed by atoms with Crippen molar-refractivity contribution >= 4 is 29.7 Å². The van der Waals surface area contributed by atoms with E-state index in [9.17, 15) is 35.1 Å². The minimum absolute atomic E-state index is 0. The topological polar surface area (TPSA) is 213 Å². The molecule has 0 saturated carbocycles. The molecule has 0 spiro atoms. The lowest BCUT2D eigenvalue weighted by Gasteiger charge is -2.42. The number of halogens is 1. The van der Waals surface area contributed by atoms with Crippen molar-refractivity contribution in [1.82, 2.24) is 0 Å². The molecule has 4 unspecified atom stereocenters. The molecule has 2 aromatic rings. The average molecular weight is 579 g/mol. The van der Waals surface area contributed by atoms with Gasteiger partial charge in [-0.25, -0.2) is 0 Å². The molecule has 5 rings (SSSR count). The number of fused-ring (bicyclic) bond motifs is 3. The van der Waals surface area contributed by atoms with Crippen LogP contribution in [0.5, 0.6) is 17.2 Å². The molecule has 1 saturated heterocycles. The van der Waals surface area contributed by atoms with Gasteiger partial charge in [0, 0.05) is 42.0 Å². The summed E-state index contributed by atoms with van der Waals surface area (Å²) in [5.74, 6) is -2.57. The molecule has 0 bridgehead atoms. The largest absolute Gasteiger partial charge is 0.507 e. The smallest absolute Gasteiger partial charge is 0.198 e. The summed E-state index contributed by atoms with van der Waals surface area (Å²) in [5, 5.41) is 62.7. The van der Waals surface area contributed by atoms with Crippen LogP contribution in [0.4, 0.5) is 0 Å². The molecule has 8 N–H and O–H groups in total. The van der Waals surface area contributed by atoms with E-state index in [-0.39, 0.29) is 63.7 Å². The van der Waals surface area contributed by atoms with Crippen LogP contribution in [0.1, 0.15) is 64.0 Å². The van der Waals surface area contributed by atoms with Crippen molar-refractivity contribution < 1.29 is 49.3 Å². The summed E-state index contributed by atoms with van der Waals surface area (Å²) >= 11 is 0. The number of hydrogen-bond acceptors (Lipinski definition) is 12. The summed E-state index contributed by atoms with van der Waals surface area (Å²) in [5.41, 5.74) is 2.98. The van der Waals surface area contributed by atoms with Gasteiger partial charge in [-0.2, -0.15) is 0 Å². The number of Topliss-reactive ketones (excluding diaryl/α,β-unsaturated/α-hetero) is 1. The molecule has 0 aromatic heterocycles. The lowest BCUT2D eigenvalue weighted by molar-refractivity contribution is -0.247. The first kappa shape index (κ1) is 29.9. The van der Waals surface area contributed by atoms with Gasteiger partial charge < -0.3 is 45.5 Å². The third-order valence-corrected chi connectivity index (χ3v) is 7.85. The van der Waals surface area contributed by atoms with Gasteiger partial charge in [-0.15, -0.1) is 12.4 Å². The molecule has 40 heavy (non-hydrogen) atoms. The number of carbonyl (C=O) groups is 2. The zero-order valence-electron chi connectivity index (χ0n) is 21.7. The number of benzene rings is 2. The number of phenolic OH excluding ortho intramolecular Hbond substituents is 2. The minimum atomic E-state index is -2.21. The highest BCUT2D eigenvalue weighted by atomic mass is 35.5. The normalized spacial score (nSPS) is 29.1. The van der Waals surface area contributed by atoms with Gasteiger partial charge in [0.1, 0.15) is 29.5 Å². The van der Waals surface area contributed by atoms with E-state index in [1.165, 1.54) is 13.2 Å². The third kappa shape index (κ3) is 4.45. The summed E-state index contributed by atoms with van der Waals surface area (Å²) in [6.07, 6.45) is -4.89. The fraction of sp³-hybridized carbons (Fsp3) is 0.444. The van der Waals surface area contributed by atoms with Crippen molar-refractivity contribution in [2.24, 2.45) is 5.73 Å². The van der Waals surface area contributed by atoms with Crippen LogP contribution in [0.15, 0.2) is 18.2 Å². The maximum atomic E-state index is 13.6. The van der Waals surface area contributed by atoms with Gasteiger partial charge in [-0.1, -0.05) is 12.1 Å². The summed E-state index contributed by atoms with van der Waals surface area (Å²) in [6, 6.07) is 3.87. The predicted octanol–water partition coefficient (Wildman–Crippen LogP) is 0.608. The number of ether oxygens (including phenoxy) is 3. The highest BCUT2D eigenvalue weighted by Crippen LogP contribution is 2.52. The van der Waals surface area contributed by atoms with Crippen LogP contribution in [-0.4, -0.2) is 86.7 Å². The second-order valence-corrected chi connectivity index (χ2v) is 10.2. The van der Waals surface area contributed by atoms with Gasteiger partial charge in [0.05, 0.1) is 47.8 Å². The fourth-order valence-corrected chi connectivity index (χ4v) is 5.80. The van der Waals surface area contributed by atoms with Crippen molar-refractivity contribution in [1.29, 1.82) is 5.41 Å². The van der Waals surface area contributed by atoms with E-state index in [2.05, 4.69) is 0 Å². The van der Waals surface area contributed by atoms with Crippen LogP contribution in [-0.2, 0) is 20.7 Å². The Kier molecular flexibility index (Phi) is 8.00. The molecular weight excluding hydrogens is 548 g/mol. The van der Waals surface area contributed by atoms with E-state index in [1.54, 1.807) is 19.1 Å². The third-order valence-electron chi connectivity index (χ3n) is 7.85. The molecule has 0 amide bonds. The Morgan fingerprint density at radius 2 is 1.93 bits per heavy atom. The first-order chi connectivity index (χ1) is 18.4. The maximum Gasteiger partial charge on any atom is 0.198 e. The van der Waals surface area contributed by atoms with Gasteiger partial charge in [-0.3, -0.25) is 15.0 Å². The molecule has 12 nitrogen and oxygen atoms in total. The molecule has 1 fully saturated rings. The molecular formula is C27H31ClN2O10. The van der Waals surface area contributed by atoms with Crippen molar-refractivity contribution in [3.8, 4) is 17.2 Å². The molecule has 6 atom stereocenters. The number of aromatic hydroxyl groups is 2. The van der Waals surface area contributed by atoms with Crippen LogP contribution < -0.4 is 10.5 Å². The predicted molar refractivity (Wildman–Crippen MR) is 142 cm³/mol. The highest BCUT2D eigenvalue weighted by Gasteiger charge is 2.49. The van der Waals surface area contributed by atoms with Gasteiger partial charge in [-0.05, 0) is 13.0 Å². The van der Waals surface area contributed by atoms with Gasteiger partial charge in [0.25, 0.3) is 0 Å². The summed E-state index contributed by atoms with van der Waals surface area (Å²) < 4.78 is 17.1. The number of nitrogens with two attached hydrogens (primary N) is 1. The van der Waals surface area contributed by atoms with E-state index in [4.69, 9.17) is 25.4 Å². The number of aliphatic hydroxyl groups is 3. The second kappa shape index (κ2) is 10.7. The van der Waals surface area contributed by atoms with Crippen LogP contribution in [0.25, 0.3) is 0 Å². The highest BCUT2D eigenvalue weighted by molar-refractivity contribution is 6.32. The Morgan fingerprint density at radius 3 is 2.55 bits per heavy atom. The van der Waals surface area contributed by atoms with Crippen LogP contribution in [0, 0.1) is 5.41 Å². The van der Waals surface area contributed by atoms with Crippen LogP contribution in [0.3, 0.4) is 0 Å². The van der Waals surface area contributed by atoms with E-state index in [1.807, 2.05) is 0 Å². The van der Waals surface area contributed by atoms with Crippen molar-refractivity contribution in [3.63, 3.8) is 0 Å². The quantitative estimate of drug-likeness (QED) is 0.208. The summed E-state index contributed by atoms with van der Waals surface area (Å²) in [4.78, 5) is 26.2. The van der Waals surface area contributed by atoms with E-state index < -0.39 is 78.8 Å². The zero-order chi connectivity index (χ0) is 28.4. The molecule has 2 aromatic carbocycles. The van der Waals surface area contributed by atoms with E-state index >= 15 is 0 Å². The standard InChI is InChI=1S/C27H30N2O10.ClH/c1-10-23(32)13(28)6-17(38-10)39-15-8-27(36,16(31)9-30)7-12-19(15)26(35)20-21(25(12)34)24(33)11-4-3-5-14(37-2)18(11)22(20)29;/h3-5,10,13,15,17,23,29-30,32,34-36H,6-9,28H2,1-2H3;1H/t10?,13?,15-,17?,23?,27-;/m0./s1. The molecule has 3 aliphatic rings. The van der Waals surface area contributed by atoms with Crippen LogP contribution >= 0.6 is 12.4 Å². The number of rotatable bonds is 5. The summed E-state index contributed by atoms with van der Waals surface area (Å²) in [7, 11) is 1.38. The first-order valence-electron chi connectivity index (χ1n) is 12.5. The number of phenols is 2. The molecule has 2 aliphatic carbocycles. The Balaban J connectivity index is 0.00000370. The molecule has 1 heterocycles. The van der Waals surface area contributed by atoms with Crippen molar-refractivity contribution in [2.75, 3.05) is 13.7 Å². The number of aliphatic hydroxyl groups excluding tert-OH is 2. The Bertz CT molecular complexity index is 1390. The van der Waals surface area contributed by atoms with Crippen molar-refractivity contribution in [2.45, 2.75) is 62.4 Å². The average Bonchev–Trinajstić information content (AvgIpc) is 2.90. The molecule has 13 heteroatoms. The van der Waals surface area contributed by atoms with E-state index in [0.29, 0.717) is 0 Å². The number of carbonyl (C=O) groups excluding carboxylic acids is 2. The SMILES string of the molecule is COc1cccc2c1C(=N)c1c(O)c3c(c(O)c1C2=O)C[C@@](O)(C(=O)CO)C[C@@H]3OC1CC(N)C(O)C(C)O1.Cl. The monoisotopic (exact) mass is 578 g/mol. The maximum absolute atomic E-state index is 13.6. The van der Waals surface area contributed by atoms with Gasteiger partial charge in [0.15, 0.2) is 17.9 Å². The Morgan fingerprint density at radius 1 is 1.23 bits per heavy atom. The number of methoxy groups -OCH3 is 1. The first-order valence-corrected chi connectivity index (χ1v) is 12.5. The van der Waals surface area contributed by atoms with Crippen molar-refractivity contribution in [3.05, 3.63) is 51.6 Å². The minimum Gasteiger partial charge on any atom is -0.507 e. The number of hydrogen-bond donors (Lipinski definition) is 7. The molecule has 1 aliphatic heterocycles. The van der Waals surface area contributed by atoms with E-state index in [0.717, 1.165) is 0 Å². The summed E-state index contributed by atoms with van der Waals surface area (Å²) in [6.45, 7) is 0.596. The number of nitrogens with one attached hydrogen (secondary N) is 1. The lowest BCUT2D eigenvalue weighted by Crippen LogP contribution is -2.53. The van der Waals surface area contributed by atoms with Gasteiger partial charge in [0.2, 0.25) is 0 Å². The zero-order valence-corrected chi connectivity index (χ0v) is 22.5. The Labute approximate surface area is 235 Å². The fourth-order valence-electron chi connectivity index (χ4n) is 5.80. The lowest BCUT2D eigenvalue weighted by atomic mass is 9.71. The second-order valence-electron chi connectivity index (χ2n) is 10.2. The Hall–Kier alpha value is -3.10.